The van der Waals surface area contributed by atoms with Crippen LogP contribution in [0.2, 0.25) is 0 Å². The van der Waals surface area contributed by atoms with Gasteiger partial charge >= 0.3 is 5.69 Å². The van der Waals surface area contributed by atoms with Gasteiger partial charge in [0.25, 0.3) is 0 Å². The van der Waals surface area contributed by atoms with Crippen molar-refractivity contribution < 1.29 is 4.92 Å². The van der Waals surface area contributed by atoms with Gasteiger partial charge in [-0.3, -0.25) is 10.1 Å². The predicted molar refractivity (Wildman–Crippen MR) is 84.9 cm³/mol. The molecule has 0 radical (unpaired) electrons. The predicted octanol–water partition coefficient (Wildman–Crippen LogP) is 3.86. The zero-order valence-electron chi connectivity index (χ0n) is 11.2. The molecule has 106 valence electrons. The summed E-state index contributed by atoms with van der Waals surface area (Å²) in [6.45, 7) is 0.644. The maximum absolute atomic E-state index is 11.2. The Balaban J connectivity index is 1.90. The molecule has 0 atom stereocenters. The van der Waals surface area contributed by atoms with Gasteiger partial charge in [0.15, 0.2) is 0 Å². The summed E-state index contributed by atoms with van der Waals surface area (Å²) in [5, 5.41) is 19.3. The Bertz CT molecular complexity index is 772. The van der Waals surface area contributed by atoms with E-state index >= 15 is 0 Å². The average Bonchev–Trinajstić information content (AvgIpc) is 3.00. The van der Waals surface area contributed by atoms with Gasteiger partial charge in [-0.05, 0) is 34.9 Å². The highest BCUT2D eigenvalue weighted by molar-refractivity contribution is 7.07. The Kier molecular flexibility index (Phi) is 3.79. The highest BCUT2D eigenvalue weighted by atomic mass is 32.1. The molecule has 0 spiro atoms. The van der Waals surface area contributed by atoms with Crippen molar-refractivity contribution in [2.24, 2.45) is 0 Å². The maximum atomic E-state index is 11.2. The number of nitrogens with one attached hydrogen (secondary N) is 1. The number of para-hydroxylation sites is 1. The zero-order valence-corrected chi connectivity index (χ0v) is 12.0. The van der Waals surface area contributed by atoms with Crippen molar-refractivity contribution in [1.82, 2.24) is 4.98 Å². The van der Waals surface area contributed by atoms with E-state index in [9.17, 15) is 10.1 Å². The summed E-state index contributed by atoms with van der Waals surface area (Å²) in [4.78, 5) is 14.9. The van der Waals surface area contributed by atoms with Crippen LogP contribution in [-0.2, 0) is 6.42 Å². The fourth-order valence-corrected chi connectivity index (χ4v) is 2.92. The quantitative estimate of drug-likeness (QED) is 0.574. The molecule has 1 N–H and O–H groups in total. The van der Waals surface area contributed by atoms with E-state index in [0.29, 0.717) is 12.2 Å². The lowest BCUT2D eigenvalue weighted by Crippen LogP contribution is -2.07. The molecule has 0 aliphatic heterocycles. The standard InChI is InChI=1S/C15H13N3O2S/c19-18(20)14-9-17-13-4-2-1-3-12(13)15(14)16-7-5-11-6-8-21-10-11/h1-4,6,8-10H,5,7H2,(H,16,17). The molecule has 0 unspecified atom stereocenters. The lowest BCUT2D eigenvalue weighted by Gasteiger charge is -2.09. The smallest absolute Gasteiger partial charge is 0.311 e. The Labute approximate surface area is 125 Å². The van der Waals surface area contributed by atoms with Crippen LogP contribution in [0.5, 0.6) is 0 Å². The second kappa shape index (κ2) is 5.88. The van der Waals surface area contributed by atoms with E-state index in [-0.39, 0.29) is 5.69 Å². The first-order chi connectivity index (χ1) is 10.3. The van der Waals surface area contributed by atoms with Crippen molar-refractivity contribution in [3.8, 4) is 0 Å². The van der Waals surface area contributed by atoms with Gasteiger partial charge in [0.05, 0.1) is 10.4 Å². The molecule has 3 rings (SSSR count). The van der Waals surface area contributed by atoms with Gasteiger partial charge in [0.1, 0.15) is 11.9 Å². The minimum absolute atomic E-state index is 0.0130. The zero-order chi connectivity index (χ0) is 14.7. The number of rotatable bonds is 5. The highest BCUT2D eigenvalue weighted by Crippen LogP contribution is 2.31. The van der Waals surface area contributed by atoms with Crippen molar-refractivity contribution in [1.29, 1.82) is 0 Å². The third-order valence-electron chi connectivity index (χ3n) is 3.25. The Hall–Kier alpha value is -2.47. The Morgan fingerprint density at radius 3 is 2.90 bits per heavy atom. The second-order valence-corrected chi connectivity index (χ2v) is 5.38. The first-order valence-electron chi connectivity index (χ1n) is 6.53. The van der Waals surface area contributed by atoms with Gasteiger partial charge in [-0.25, -0.2) is 4.98 Å². The summed E-state index contributed by atoms with van der Waals surface area (Å²) >= 11 is 1.65. The lowest BCUT2D eigenvalue weighted by atomic mass is 10.1. The maximum Gasteiger partial charge on any atom is 0.311 e. The number of hydrogen-bond donors (Lipinski definition) is 1. The van der Waals surface area contributed by atoms with Crippen LogP contribution in [-0.4, -0.2) is 16.5 Å². The molecule has 3 aromatic rings. The normalized spacial score (nSPS) is 10.7. The third kappa shape index (κ3) is 2.85. The first-order valence-corrected chi connectivity index (χ1v) is 7.47. The molecule has 2 aromatic heterocycles. The van der Waals surface area contributed by atoms with Crippen molar-refractivity contribution in [2.75, 3.05) is 11.9 Å². The molecule has 6 heteroatoms. The topological polar surface area (TPSA) is 68.1 Å². The number of nitrogens with zero attached hydrogens (tertiary/aromatic N) is 2. The second-order valence-electron chi connectivity index (χ2n) is 4.60. The van der Waals surface area contributed by atoms with Gasteiger partial charge in [-0.2, -0.15) is 11.3 Å². The van der Waals surface area contributed by atoms with E-state index in [1.54, 1.807) is 11.3 Å². The summed E-state index contributed by atoms with van der Waals surface area (Å²) in [5.41, 5.74) is 2.54. The van der Waals surface area contributed by atoms with Crippen LogP contribution < -0.4 is 5.32 Å². The van der Waals surface area contributed by atoms with Crippen LogP contribution in [0, 0.1) is 10.1 Å². The van der Waals surface area contributed by atoms with Crippen molar-refractivity contribution >= 4 is 33.6 Å². The van der Waals surface area contributed by atoms with Crippen LogP contribution in [0.1, 0.15) is 5.56 Å². The molecule has 0 bridgehead atoms. The van der Waals surface area contributed by atoms with Gasteiger partial charge < -0.3 is 5.32 Å². The summed E-state index contributed by atoms with van der Waals surface area (Å²) < 4.78 is 0. The van der Waals surface area contributed by atoms with Crippen LogP contribution >= 0.6 is 11.3 Å². The summed E-state index contributed by atoms with van der Waals surface area (Å²) in [6, 6.07) is 9.49. The number of aromatic nitrogens is 1. The fraction of sp³-hybridized carbons (Fsp3) is 0.133. The van der Waals surface area contributed by atoms with Crippen LogP contribution in [0.15, 0.2) is 47.3 Å². The number of nitro groups is 1. The van der Waals surface area contributed by atoms with Gasteiger partial charge in [0.2, 0.25) is 0 Å². The van der Waals surface area contributed by atoms with E-state index in [1.807, 2.05) is 29.6 Å². The molecule has 1 aromatic carbocycles. The largest absolute Gasteiger partial charge is 0.379 e. The van der Waals surface area contributed by atoms with E-state index < -0.39 is 4.92 Å². The molecule has 21 heavy (non-hydrogen) atoms. The van der Waals surface area contributed by atoms with Gasteiger partial charge in [0, 0.05) is 11.9 Å². The summed E-state index contributed by atoms with van der Waals surface area (Å²) in [6.07, 6.45) is 2.15. The minimum Gasteiger partial charge on any atom is -0.379 e. The number of hydrogen-bond acceptors (Lipinski definition) is 5. The fourth-order valence-electron chi connectivity index (χ4n) is 2.22. The van der Waals surface area contributed by atoms with Crippen LogP contribution in [0.4, 0.5) is 11.4 Å². The number of fused-ring (bicyclic) bond motifs is 1. The summed E-state index contributed by atoms with van der Waals surface area (Å²) in [5.74, 6) is 0. The van der Waals surface area contributed by atoms with Gasteiger partial charge in [-0.1, -0.05) is 18.2 Å². The molecule has 0 aliphatic carbocycles. The SMILES string of the molecule is O=[N+]([O-])c1cnc2ccccc2c1NCCc1ccsc1. The molecule has 0 amide bonds. The monoisotopic (exact) mass is 299 g/mol. The molecule has 0 saturated carbocycles. The van der Waals surface area contributed by atoms with Crippen LogP contribution in [0.25, 0.3) is 10.9 Å². The molecule has 0 aliphatic rings. The van der Waals surface area contributed by atoms with E-state index in [0.717, 1.165) is 17.3 Å². The van der Waals surface area contributed by atoms with E-state index in [2.05, 4.69) is 21.7 Å². The summed E-state index contributed by atoms with van der Waals surface area (Å²) in [7, 11) is 0. The van der Waals surface area contributed by atoms with E-state index in [4.69, 9.17) is 0 Å². The average molecular weight is 299 g/mol. The molecular weight excluding hydrogens is 286 g/mol. The molecular formula is C15H13N3O2S. The number of anilines is 1. The lowest BCUT2D eigenvalue weighted by molar-refractivity contribution is -0.384. The molecule has 2 heterocycles. The Morgan fingerprint density at radius 2 is 2.14 bits per heavy atom. The highest BCUT2D eigenvalue weighted by Gasteiger charge is 2.17. The van der Waals surface area contributed by atoms with Crippen molar-refractivity contribution in [3.05, 3.63) is 63.0 Å². The number of pyridine rings is 1. The molecule has 0 fully saturated rings. The van der Waals surface area contributed by atoms with Crippen LogP contribution in [0.3, 0.4) is 0 Å². The number of benzene rings is 1. The molecule has 5 nitrogen and oxygen atoms in total. The number of thiophene rings is 1. The minimum atomic E-state index is -0.396. The van der Waals surface area contributed by atoms with Crippen molar-refractivity contribution in [2.45, 2.75) is 6.42 Å². The van der Waals surface area contributed by atoms with E-state index in [1.165, 1.54) is 11.8 Å². The van der Waals surface area contributed by atoms with Crippen molar-refractivity contribution in [3.63, 3.8) is 0 Å². The first kappa shape index (κ1) is 13.5. The third-order valence-corrected chi connectivity index (χ3v) is 3.98. The molecule has 0 saturated heterocycles. The van der Waals surface area contributed by atoms with Gasteiger partial charge in [-0.15, -0.1) is 0 Å². The Morgan fingerprint density at radius 1 is 1.29 bits per heavy atom.